The van der Waals surface area contributed by atoms with Crippen LogP contribution in [-0.4, -0.2) is 6.04 Å². The molecule has 0 aliphatic heterocycles. The zero-order valence-corrected chi connectivity index (χ0v) is 10.8. The number of benzene rings is 1. The van der Waals surface area contributed by atoms with Crippen molar-refractivity contribution in [3.05, 3.63) is 33.3 Å². The van der Waals surface area contributed by atoms with Crippen LogP contribution in [0.3, 0.4) is 0 Å². The van der Waals surface area contributed by atoms with E-state index in [4.69, 9.17) is 23.2 Å². The molecule has 2 aliphatic carbocycles. The van der Waals surface area contributed by atoms with Gasteiger partial charge in [0.05, 0.1) is 10.0 Å². The summed E-state index contributed by atoms with van der Waals surface area (Å²) in [4.78, 5) is 0. The summed E-state index contributed by atoms with van der Waals surface area (Å²) in [7, 11) is 0. The molecule has 0 spiro atoms. The molecule has 3 unspecified atom stereocenters. The van der Waals surface area contributed by atoms with Crippen molar-refractivity contribution in [2.45, 2.75) is 38.3 Å². The van der Waals surface area contributed by atoms with Gasteiger partial charge < -0.3 is 5.32 Å². The second-order valence-corrected chi connectivity index (χ2v) is 5.79. The summed E-state index contributed by atoms with van der Waals surface area (Å²) in [5, 5.41) is 5.14. The van der Waals surface area contributed by atoms with E-state index in [1.165, 1.54) is 17.5 Å². The second-order valence-electron chi connectivity index (χ2n) is 5.01. The number of rotatable bonds is 2. The second kappa shape index (κ2) is 3.90. The molecule has 2 aliphatic rings. The molecule has 1 aromatic carbocycles. The highest BCUT2D eigenvalue weighted by Crippen LogP contribution is 2.41. The van der Waals surface area contributed by atoms with E-state index in [0.29, 0.717) is 17.1 Å². The molecule has 3 heteroatoms. The number of hydrogen-bond donors (Lipinski definition) is 1. The summed E-state index contributed by atoms with van der Waals surface area (Å²) in [6.07, 6.45) is 3.51. The number of halogens is 2. The summed E-state index contributed by atoms with van der Waals surface area (Å²) in [6.45, 7) is 2.29. The van der Waals surface area contributed by atoms with Crippen LogP contribution in [0.15, 0.2) is 12.1 Å². The van der Waals surface area contributed by atoms with Crippen LogP contribution in [0.1, 0.15) is 36.9 Å². The molecule has 0 bridgehead atoms. The Morgan fingerprint density at radius 3 is 2.75 bits per heavy atom. The van der Waals surface area contributed by atoms with E-state index in [2.05, 4.69) is 18.3 Å². The van der Waals surface area contributed by atoms with Gasteiger partial charge in [-0.15, -0.1) is 0 Å². The Morgan fingerprint density at radius 1 is 1.31 bits per heavy atom. The topological polar surface area (TPSA) is 12.0 Å². The summed E-state index contributed by atoms with van der Waals surface area (Å²) in [5.41, 5.74) is 2.61. The van der Waals surface area contributed by atoms with Gasteiger partial charge in [-0.05, 0) is 42.4 Å². The van der Waals surface area contributed by atoms with Crippen LogP contribution in [0.2, 0.25) is 10.0 Å². The fourth-order valence-electron chi connectivity index (χ4n) is 2.62. The summed E-state index contributed by atoms with van der Waals surface area (Å²) >= 11 is 12.3. The Labute approximate surface area is 106 Å². The van der Waals surface area contributed by atoms with E-state index in [-0.39, 0.29) is 0 Å². The van der Waals surface area contributed by atoms with Gasteiger partial charge in [-0.1, -0.05) is 36.2 Å². The van der Waals surface area contributed by atoms with E-state index in [1.807, 2.05) is 6.07 Å². The highest BCUT2D eigenvalue weighted by Gasteiger charge is 2.36. The van der Waals surface area contributed by atoms with Gasteiger partial charge >= 0.3 is 0 Å². The molecule has 16 heavy (non-hydrogen) atoms. The highest BCUT2D eigenvalue weighted by molar-refractivity contribution is 6.42. The lowest BCUT2D eigenvalue weighted by molar-refractivity contribution is 0.513. The summed E-state index contributed by atoms with van der Waals surface area (Å²) in [5.74, 6) is 0.840. The average Bonchev–Trinajstić information content (AvgIpc) is 2.78. The number of hydrogen-bond acceptors (Lipinski definition) is 1. The maximum atomic E-state index is 6.23. The minimum absolute atomic E-state index is 0.486. The third kappa shape index (κ3) is 1.75. The quantitative estimate of drug-likeness (QED) is 0.843. The van der Waals surface area contributed by atoms with Gasteiger partial charge in [0.25, 0.3) is 0 Å². The van der Waals surface area contributed by atoms with Crippen molar-refractivity contribution in [3.8, 4) is 0 Å². The minimum Gasteiger partial charge on any atom is -0.307 e. The fraction of sp³-hybridized carbons (Fsp3) is 0.538. The third-order valence-corrected chi connectivity index (χ3v) is 4.66. The minimum atomic E-state index is 0.486. The molecule has 86 valence electrons. The van der Waals surface area contributed by atoms with Crippen LogP contribution in [0.25, 0.3) is 0 Å². The largest absolute Gasteiger partial charge is 0.307 e. The Hall–Kier alpha value is -0.240. The van der Waals surface area contributed by atoms with Gasteiger partial charge in [0.15, 0.2) is 0 Å². The predicted octanol–water partition coefficient (Wildman–Crippen LogP) is 3.98. The number of fused-ring (bicyclic) bond motifs is 1. The Bertz CT molecular complexity index is 430. The van der Waals surface area contributed by atoms with Gasteiger partial charge in [-0.2, -0.15) is 0 Å². The fourth-order valence-corrected chi connectivity index (χ4v) is 3.06. The maximum absolute atomic E-state index is 6.23. The van der Waals surface area contributed by atoms with Crippen molar-refractivity contribution in [1.82, 2.24) is 5.32 Å². The molecule has 0 radical (unpaired) electrons. The van der Waals surface area contributed by atoms with Crippen LogP contribution >= 0.6 is 23.2 Å². The van der Waals surface area contributed by atoms with Gasteiger partial charge in [-0.3, -0.25) is 0 Å². The first-order valence-corrected chi connectivity index (χ1v) is 6.65. The van der Waals surface area contributed by atoms with Crippen LogP contribution in [-0.2, 0) is 6.42 Å². The molecular weight excluding hydrogens is 241 g/mol. The Morgan fingerprint density at radius 2 is 2.06 bits per heavy atom. The molecule has 0 amide bonds. The van der Waals surface area contributed by atoms with Crippen molar-refractivity contribution >= 4 is 23.2 Å². The first kappa shape index (κ1) is 10.9. The average molecular weight is 256 g/mol. The molecule has 0 saturated heterocycles. The first-order chi connectivity index (χ1) is 7.66. The lowest BCUT2D eigenvalue weighted by Crippen LogP contribution is -2.22. The van der Waals surface area contributed by atoms with Crippen LogP contribution in [0.5, 0.6) is 0 Å². The van der Waals surface area contributed by atoms with Crippen LogP contribution in [0.4, 0.5) is 0 Å². The maximum Gasteiger partial charge on any atom is 0.0627 e. The van der Waals surface area contributed by atoms with Crippen molar-refractivity contribution in [2.24, 2.45) is 5.92 Å². The van der Waals surface area contributed by atoms with Gasteiger partial charge in [0, 0.05) is 12.1 Å². The third-order valence-electron chi connectivity index (χ3n) is 3.82. The number of nitrogens with one attached hydrogen (secondary N) is 1. The molecule has 0 heterocycles. The smallest absolute Gasteiger partial charge is 0.0627 e. The van der Waals surface area contributed by atoms with E-state index in [0.717, 1.165) is 23.8 Å². The molecule has 1 N–H and O–H groups in total. The van der Waals surface area contributed by atoms with Crippen molar-refractivity contribution in [2.75, 3.05) is 0 Å². The zero-order chi connectivity index (χ0) is 11.3. The molecule has 1 fully saturated rings. The first-order valence-electron chi connectivity index (χ1n) is 5.89. The Balaban J connectivity index is 1.85. The van der Waals surface area contributed by atoms with Crippen molar-refractivity contribution in [3.63, 3.8) is 0 Å². The molecule has 3 atom stereocenters. The van der Waals surface area contributed by atoms with E-state index in [9.17, 15) is 0 Å². The van der Waals surface area contributed by atoms with Crippen molar-refractivity contribution in [1.29, 1.82) is 0 Å². The monoisotopic (exact) mass is 255 g/mol. The van der Waals surface area contributed by atoms with Crippen LogP contribution in [0, 0.1) is 5.92 Å². The molecular formula is C13H15Cl2N. The van der Waals surface area contributed by atoms with Crippen molar-refractivity contribution < 1.29 is 0 Å². The van der Waals surface area contributed by atoms with E-state index < -0.39 is 0 Å². The predicted molar refractivity (Wildman–Crippen MR) is 68.2 cm³/mol. The standard InChI is InChI=1S/C13H15Cl2N/c1-7-6-12(7)16-11-5-3-9-8(11)2-4-10(14)13(9)15/h2,4,7,11-12,16H,3,5-6H2,1H3. The van der Waals surface area contributed by atoms with Gasteiger partial charge in [0.1, 0.15) is 0 Å². The summed E-state index contributed by atoms with van der Waals surface area (Å²) < 4.78 is 0. The van der Waals surface area contributed by atoms with Crippen LogP contribution < -0.4 is 5.32 Å². The molecule has 0 aromatic heterocycles. The highest BCUT2D eigenvalue weighted by atomic mass is 35.5. The normalized spacial score (nSPS) is 31.6. The van der Waals surface area contributed by atoms with E-state index >= 15 is 0 Å². The SMILES string of the molecule is CC1CC1NC1CCc2c1ccc(Cl)c2Cl. The van der Waals surface area contributed by atoms with Gasteiger partial charge in [-0.25, -0.2) is 0 Å². The summed E-state index contributed by atoms with van der Waals surface area (Å²) in [6, 6.07) is 5.24. The lowest BCUT2D eigenvalue weighted by atomic mass is 10.1. The zero-order valence-electron chi connectivity index (χ0n) is 9.26. The molecule has 3 rings (SSSR count). The Kier molecular flexibility index (Phi) is 2.66. The lowest BCUT2D eigenvalue weighted by Gasteiger charge is -2.14. The van der Waals surface area contributed by atoms with Gasteiger partial charge in [0.2, 0.25) is 0 Å². The molecule has 1 nitrogen and oxygen atoms in total. The molecule has 1 aromatic rings. The molecule has 1 saturated carbocycles. The van der Waals surface area contributed by atoms with E-state index in [1.54, 1.807) is 0 Å².